The first-order valence-corrected chi connectivity index (χ1v) is 4.98. The van der Waals surface area contributed by atoms with Crippen LogP contribution in [0.25, 0.3) is 10.2 Å². The van der Waals surface area contributed by atoms with Gasteiger partial charge in [-0.05, 0) is 18.6 Å². The number of nitrogens with one attached hydrogen (secondary N) is 1. The molecule has 2 rings (SSSR count). The molecule has 0 atom stereocenters. The summed E-state index contributed by atoms with van der Waals surface area (Å²) in [4.78, 5) is 4.32. The van der Waals surface area contributed by atoms with Gasteiger partial charge in [-0.15, -0.1) is 0 Å². The summed E-state index contributed by atoms with van der Waals surface area (Å²) in [5.41, 5.74) is 4.59. The fourth-order valence-electron chi connectivity index (χ4n) is 1.34. The summed E-state index contributed by atoms with van der Waals surface area (Å²) in [6.45, 7) is 2.04. The molecule has 1 aromatic carbocycles. The highest BCUT2D eigenvalue weighted by atomic mass is 32.1. The van der Waals surface area contributed by atoms with Crippen LogP contribution in [0, 0.1) is 6.92 Å². The molecule has 1 heterocycles. The van der Waals surface area contributed by atoms with E-state index in [0.717, 1.165) is 16.0 Å². The van der Waals surface area contributed by atoms with Gasteiger partial charge in [-0.25, -0.2) is 10.8 Å². The van der Waals surface area contributed by atoms with Crippen molar-refractivity contribution < 1.29 is 4.74 Å². The third-order valence-electron chi connectivity index (χ3n) is 2.05. The van der Waals surface area contributed by atoms with Gasteiger partial charge in [0.1, 0.15) is 11.3 Å². The molecule has 2 aromatic rings. The lowest BCUT2D eigenvalue weighted by Crippen LogP contribution is -2.05. The Labute approximate surface area is 85.7 Å². The van der Waals surface area contributed by atoms with Crippen molar-refractivity contribution in [1.82, 2.24) is 4.98 Å². The van der Waals surface area contributed by atoms with Crippen LogP contribution in [0.2, 0.25) is 0 Å². The molecule has 3 N–H and O–H groups in total. The van der Waals surface area contributed by atoms with Gasteiger partial charge in [-0.1, -0.05) is 17.4 Å². The molecule has 5 heteroatoms. The van der Waals surface area contributed by atoms with Crippen molar-refractivity contribution in [2.45, 2.75) is 6.92 Å². The smallest absolute Gasteiger partial charge is 0.198 e. The second-order valence-electron chi connectivity index (χ2n) is 2.93. The van der Waals surface area contributed by atoms with Crippen molar-refractivity contribution in [3.8, 4) is 5.75 Å². The van der Waals surface area contributed by atoms with Gasteiger partial charge >= 0.3 is 0 Å². The Morgan fingerprint density at radius 3 is 2.93 bits per heavy atom. The van der Waals surface area contributed by atoms with E-state index in [1.165, 1.54) is 16.9 Å². The molecule has 0 amide bonds. The molecule has 0 aliphatic heterocycles. The van der Waals surface area contributed by atoms with Gasteiger partial charge in [0.05, 0.1) is 11.8 Å². The molecule has 74 valence electrons. The third kappa shape index (κ3) is 1.30. The zero-order chi connectivity index (χ0) is 10.1. The number of hydrogen-bond donors (Lipinski definition) is 2. The first kappa shape index (κ1) is 9.23. The molecule has 0 saturated heterocycles. The number of benzene rings is 1. The van der Waals surface area contributed by atoms with Crippen LogP contribution < -0.4 is 16.0 Å². The van der Waals surface area contributed by atoms with Crippen LogP contribution in [0.15, 0.2) is 12.1 Å². The van der Waals surface area contributed by atoms with Crippen LogP contribution in [0.5, 0.6) is 5.75 Å². The number of aromatic nitrogens is 1. The molecule has 4 nitrogen and oxygen atoms in total. The number of aryl methyl sites for hydroxylation is 1. The van der Waals surface area contributed by atoms with Gasteiger partial charge < -0.3 is 4.74 Å². The predicted octanol–water partition coefficient (Wildman–Crippen LogP) is 1.90. The minimum absolute atomic E-state index is 0.701. The molecule has 14 heavy (non-hydrogen) atoms. The largest absolute Gasteiger partial charge is 0.494 e. The van der Waals surface area contributed by atoms with Crippen LogP contribution in [0.1, 0.15) is 5.56 Å². The van der Waals surface area contributed by atoms with E-state index in [1.54, 1.807) is 7.11 Å². The van der Waals surface area contributed by atoms with Crippen LogP contribution in [-0.2, 0) is 0 Å². The first-order chi connectivity index (χ1) is 6.76. The number of hydrazine groups is 1. The SMILES string of the molecule is COc1ccc(C)c2sc(NN)nc12. The standard InChI is InChI=1S/C9H11N3OS/c1-5-3-4-6(13-2)7-8(5)14-9(11-7)12-10/h3-4H,10H2,1-2H3,(H,11,12). The van der Waals surface area contributed by atoms with Crippen LogP contribution in [0.4, 0.5) is 5.13 Å². The average molecular weight is 209 g/mol. The number of rotatable bonds is 2. The van der Waals surface area contributed by atoms with E-state index in [1.807, 2.05) is 19.1 Å². The quantitative estimate of drug-likeness (QED) is 0.586. The van der Waals surface area contributed by atoms with E-state index in [0.29, 0.717) is 5.13 Å². The Morgan fingerprint density at radius 1 is 1.50 bits per heavy atom. The molecule has 0 saturated carbocycles. The molecule has 0 bridgehead atoms. The van der Waals surface area contributed by atoms with Crippen molar-refractivity contribution in [2.24, 2.45) is 5.84 Å². The predicted molar refractivity (Wildman–Crippen MR) is 58.7 cm³/mol. The van der Waals surface area contributed by atoms with Gasteiger partial charge in [0.2, 0.25) is 0 Å². The Kier molecular flexibility index (Phi) is 2.26. The second-order valence-corrected chi connectivity index (χ2v) is 3.92. The van der Waals surface area contributed by atoms with Crippen molar-refractivity contribution in [1.29, 1.82) is 0 Å². The van der Waals surface area contributed by atoms with E-state index < -0.39 is 0 Å². The summed E-state index contributed by atoms with van der Waals surface area (Å²) in [6, 6.07) is 3.93. The average Bonchev–Trinajstić information content (AvgIpc) is 2.63. The highest BCUT2D eigenvalue weighted by molar-refractivity contribution is 7.22. The van der Waals surface area contributed by atoms with E-state index in [9.17, 15) is 0 Å². The normalized spacial score (nSPS) is 10.5. The number of nitrogens with two attached hydrogens (primary N) is 1. The van der Waals surface area contributed by atoms with Gasteiger partial charge in [-0.2, -0.15) is 0 Å². The van der Waals surface area contributed by atoms with Crippen LogP contribution in [-0.4, -0.2) is 12.1 Å². The fraction of sp³-hybridized carbons (Fsp3) is 0.222. The zero-order valence-corrected chi connectivity index (χ0v) is 8.81. The highest BCUT2D eigenvalue weighted by Gasteiger charge is 2.09. The van der Waals surface area contributed by atoms with E-state index in [2.05, 4.69) is 10.4 Å². The molecular weight excluding hydrogens is 198 g/mol. The van der Waals surface area contributed by atoms with Gasteiger partial charge in [0.25, 0.3) is 0 Å². The number of methoxy groups -OCH3 is 1. The third-order valence-corrected chi connectivity index (χ3v) is 3.17. The highest BCUT2D eigenvalue weighted by Crippen LogP contribution is 2.34. The van der Waals surface area contributed by atoms with E-state index >= 15 is 0 Å². The number of anilines is 1. The number of fused-ring (bicyclic) bond motifs is 1. The number of nitrogen functional groups attached to an aromatic ring is 1. The molecule has 0 spiro atoms. The lowest BCUT2D eigenvalue weighted by Gasteiger charge is -2.00. The van der Waals surface area contributed by atoms with E-state index in [-0.39, 0.29) is 0 Å². The molecule has 0 aliphatic carbocycles. The van der Waals surface area contributed by atoms with Crippen molar-refractivity contribution in [2.75, 3.05) is 12.5 Å². The maximum Gasteiger partial charge on any atom is 0.198 e. The fourth-order valence-corrected chi connectivity index (χ4v) is 2.20. The maximum atomic E-state index is 5.31. The number of thiazole rings is 1. The molecule has 0 unspecified atom stereocenters. The van der Waals surface area contributed by atoms with Crippen molar-refractivity contribution in [3.05, 3.63) is 17.7 Å². The number of hydrogen-bond acceptors (Lipinski definition) is 5. The first-order valence-electron chi connectivity index (χ1n) is 4.17. The molecular formula is C9H11N3OS. The topological polar surface area (TPSA) is 60.2 Å². The van der Waals surface area contributed by atoms with Crippen LogP contribution >= 0.6 is 11.3 Å². The minimum atomic E-state index is 0.701. The lowest BCUT2D eigenvalue weighted by atomic mass is 10.2. The monoisotopic (exact) mass is 209 g/mol. The molecule has 0 fully saturated rings. The number of ether oxygens (including phenoxy) is 1. The van der Waals surface area contributed by atoms with Gasteiger partial charge in [0, 0.05) is 0 Å². The van der Waals surface area contributed by atoms with E-state index in [4.69, 9.17) is 10.6 Å². The summed E-state index contributed by atoms with van der Waals surface area (Å²) >= 11 is 1.53. The Morgan fingerprint density at radius 2 is 2.29 bits per heavy atom. The molecule has 0 radical (unpaired) electrons. The maximum absolute atomic E-state index is 5.31. The van der Waals surface area contributed by atoms with Gasteiger partial charge in [0.15, 0.2) is 5.13 Å². The lowest BCUT2D eigenvalue weighted by molar-refractivity contribution is 0.419. The molecule has 0 aliphatic rings. The van der Waals surface area contributed by atoms with Crippen molar-refractivity contribution >= 4 is 26.7 Å². The summed E-state index contributed by atoms with van der Waals surface area (Å²) < 4.78 is 6.32. The summed E-state index contributed by atoms with van der Waals surface area (Å²) in [5, 5.41) is 0.701. The van der Waals surface area contributed by atoms with Crippen molar-refractivity contribution in [3.63, 3.8) is 0 Å². The van der Waals surface area contributed by atoms with Crippen LogP contribution in [0.3, 0.4) is 0 Å². The zero-order valence-electron chi connectivity index (χ0n) is 8.00. The Hall–Kier alpha value is -1.33. The van der Waals surface area contributed by atoms with Gasteiger partial charge in [-0.3, -0.25) is 5.43 Å². The summed E-state index contributed by atoms with van der Waals surface area (Å²) in [5.74, 6) is 6.09. The summed E-state index contributed by atoms with van der Waals surface area (Å²) in [6.07, 6.45) is 0. The Balaban J connectivity index is 2.74. The molecule has 1 aromatic heterocycles. The Bertz CT molecular complexity index is 466. The summed E-state index contributed by atoms with van der Waals surface area (Å²) in [7, 11) is 1.64. The number of nitrogens with zero attached hydrogens (tertiary/aromatic N) is 1. The second kappa shape index (κ2) is 3.43. The minimum Gasteiger partial charge on any atom is -0.494 e.